The summed E-state index contributed by atoms with van der Waals surface area (Å²) in [6.07, 6.45) is 1.26. The number of thiophene rings is 1. The van der Waals surface area contributed by atoms with Crippen LogP contribution in [0, 0.1) is 5.92 Å². The third-order valence-corrected chi connectivity index (χ3v) is 10.2. The highest BCUT2D eigenvalue weighted by Gasteiger charge is 2.34. The van der Waals surface area contributed by atoms with Crippen LogP contribution >= 0.6 is 34.3 Å². The summed E-state index contributed by atoms with van der Waals surface area (Å²) in [6.45, 7) is 4.84. The van der Waals surface area contributed by atoms with Crippen LogP contribution in [0.25, 0.3) is 10.2 Å². The maximum absolute atomic E-state index is 13.0. The molecular formula is C21H24ClN3O3S3. The highest BCUT2D eigenvalue weighted by Crippen LogP contribution is 2.31. The van der Waals surface area contributed by atoms with Gasteiger partial charge in [-0.15, -0.1) is 11.3 Å². The van der Waals surface area contributed by atoms with Crippen LogP contribution in [0.3, 0.4) is 0 Å². The molecule has 31 heavy (non-hydrogen) atoms. The van der Waals surface area contributed by atoms with Crippen LogP contribution in [0.1, 0.15) is 38.2 Å². The van der Waals surface area contributed by atoms with Crippen molar-refractivity contribution < 1.29 is 13.2 Å². The van der Waals surface area contributed by atoms with Crippen LogP contribution in [0.15, 0.2) is 39.5 Å². The lowest BCUT2D eigenvalue weighted by atomic mass is 9.99. The topological polar surface area (TPSA) is 71.7 Å². The molecule has 0 saturated carbocycles. The quantitative estimate of drug-likeness (QED) is 0.528. The summed E-state index contributed by atoms with van der Waals surface area (Å²) < 4.78 is 30.9. The molecule has 1 fully saturated rings. The van der Waals surface area contributed by atoms with Gasteiger partial charge in [-0.05, 0) is 48.6 Å². The van der Waals surface area contributed by atoms with Crippen LogP contribution in [0.5, 0.6) is 0 Å². The number of amides is 1. The van der Waals surface area contributed by atoms with Crippen LogP contribution in [0.4, 0.5) is 0 Å². The van der Waals surface area contributed by atoms with Gasteiger partial charge < -0.3 is 4.57 Å². The molecule has 3 heterocycles. The molecule has 0 N–H and O–H groups in total. The minimum atomic E-state index is -3.65. The Kier molecular flexibility index (Phi) is 6.42. The summed E-state index contributed by atoms with van der Waals surface area (Å²) in [5.74, 6) is -0.294. The second-order valence-corrected chi connectivity index (χ2v) is 12.9. The SMILES string of the molecule is CC(C)c1ccc2c(c1)sc(=NC(=O)C1CCCN(S(=O)(=O)c3ccc(Cl)s3)C1)n2C. The number of fused-ring (bicyclic) bond motifs is 1. The van der Waals surface area contributed by atoms with Gasteiger partial charge in [-0.1, -0.05) is 42.9 Å². The molecule has 1 unspecified atom stereocenters. The van der Waals surface area contributed by atoms with E-state index in [2.05, 4.69) is 37.0 Å². The summed E-state index contributed by atoms with van der Waals surface area (Å²) in [5, 5.41) is 0. The van der Waals surface area contributed by atoms with Gasteiger partial charge in [-0.25, -0.2) is 8.42 Å². The fraction of sp³-hybridized carbons (Fsp3) is 0.429. The van der Waals surface area contributed by atoms with E-state index >= 15 is 0 Å². The maximum Gasteiger partial charge on any atom is 0.252 e. The molecule has 166 valence electrons. The summed E-state index contributed by atoms with van der Waals surface area (Å²) in [6, 6.07) is 9.40. The molecule has 0 radical (unpaired) electrons. The van der Waals surface area contributed by atoms with E-state index in [9.17, 15) is 13.2 Å². The lowest BCUT2D eigenvalue weighted by Crippen LogP contribution is -2.42. The first-order valence-corrected chi connectivity index (χ1v) is 13.6. The Morgan fingerprint density at radius 3 is 2.68 bits per heavy atom. The minimum absolute atomic E-state index is 0.145. The fourth-order valence-electron chi connectivity index (χ4n) is 3.73. The van der Waals surface area contributed by atoms with E-state index in [-0.39, 0.29) is 16.7 Å². The Hall–Kier alpha value is -1.52. The zero-order valence-electron chi connectivity index (χ0n) is 17.5. The molecule has 1 atom stereocenters. The number of carbonyl (C=O) groups excluding carboxylic acids is 1. The number of halogens is 1. The van der Waals surface area contributed by atoms with Gasteiger partial charge in [0.1, 0.15) is 4.21 Å². The second kappa shape index (κ2) is 8.78. The number of benzene rings is 1. The van der Waals surface area contributed by atoms with Gasteiger partial charge in [0.15, 0.2) is 4.80 Å². The Morgan fingerprint density at radius 1 is 1.23 bits per heavy atom. The van der Waals surface area contributed by atoms with Crippen molar-refractivity contribution in [1.29, 1.82) is 0 Å². The van der Waals surface area contributed by atoms with Crippen molar-refractivity contribution in [1.82, 2.24) is 8.87 Å². The summed E-state index contributed by atoms with van der Waals surface area (Å²) in [4.78, 5) is 18.0. The summed E-state index contributed by atoms with van der Waals surface area (Å²) >= 11 is 8.43. The van der Waals surface area contributed by atoms with E-state index in [4.69, 9.17) is 11.6 Å². The van der Waals surface area contributed by atoms with Crippen molar-refractivity contribution >= 4 is 60.4 Å². The molecule has 0 spiro atoms. The molecule has 1 aromatic carbocycles. The van der Waals surface area contributed by atoms with Crippen molar-refractivity contribution in [3.05, 3.63) is 45.0 Å². The monoisotopic (exact) mass is 497 g/mol. The molecule has 6 nitrogen and oxygen atoms in total. The van der Waals surface area contributed by atoms with Crippen LogP contribution in [-0.4, -0.2) is 36.3 Å². The first kappa shape index (κ1) is 22.7. The number of sulfonamides is 1. The summed E-state index contributed by atoms with van der Waals surface area (Å²) in [5.41, 5.74) is 2.28. The van der Waals surface area contributed by atoms with E-state index < -0.39 is 15.9 Å². The number of nitrogens with zero attached hydrogens (tertiary/aromatic N) is 3. The molecule has 1 aliphatic heterocycles. The third-order valence-electron chi connectivity index (χ3n) is 5.58. The van der Waals surface area contributed by atoms with E-state index in [1.807, 2.05) is 11.6 Å². The van der Waals surface area contributed by atoms with Crippen LogP contribution in [-0.2, 0) is 21.9 Å². The molecule has 4 rings (SSSR count). The zero-order chi connectivity index (χ0) is 22.3. The number of thiazole rings is 1. The number of hydrogen-bond donors (Lipinski definition) is 0. The van der Waals surface area contributed by atoms with Crippen LogP contribution < -0.4 is 4.80 Å². The fourth-order valence-corrected chi connectivity index (χ4v) is 7.96. The number of aromatic nitrogens is 1. The Bertz CT molecular complexity index is 1300. The smallest absolute Gasteiger partial charge is 0.252 e. The van der Waals surface area contributed by atoms with Crippen molar-refractivity contribution in [2.24, 2.45) is 18.0 Å². The van der Waals surface area contributed by atoms with Crippen molar-refractivity contribution in [2.75, 3.05) is 13.1 Å². The molecule has 1 saturated heterocycles. The van der Waals surface area contributed by atoms with Gasteiger partial charge in [0.2, 0.25) is 0 Å². The lowest BCUT2D eigenvalue weighted by Gasteiger charge is -2.29. The van der Waals surface area contributed by atoms with Gasteiger partial charge in [0.25, 0.3) is 15.9 Å². The molecular weight excluding hydrogens is 474 g/mol. The third kappa shape index (κ3) is 4.52. The molecule has 3 aromatic rings. The standard InChI is InChI=1S/C21H24ClN3O3S3/c1-13(2)14-6-7-16-17(11-14)29-21(24(16)3)23-20(26)15-5-4-10-25(12-15)31(27,28)19-9-8-18(22)30-19/h6-9,11,13,15H,4-5,10,12H2,1-3H3. The van der Waals surface area contributed by atoms with E-state index in [0.717, 1.165) is 21.6 Å². The van der Waals surface area contributed by atoms with Gasteiger partial charge >= 0.3 is 0 Å². The van der Waals surface area contributed by atoms with Gasteiger partial charge in [-0.3, -0.25) is 4.79 Å². The number of aryl methyl sites for hydroxylation is 1. The normalized spacial score (nSPS) is 18.9. The highest BCUT2D eigenvalue weighted by molar-refractivity contribution is 7.91. The number of carbonyl (C=O) groups is 1. The Balaban J connectivity index is 1.59. The molecule has 2 aromatic heterocycles. The molecule has 0 aliphatic carbocycles. The van der Waals surface area contributed by atoms with E-state index in [1.165, 1.54) is 27.3 Å². The maximum atomic E-state index is 13.0. The number of piperidine rings is 1. The first-order chi connectivity index (χ1) is 14.7. The molecule has 1 aliphatic rings. The largest absolute Gasteiger partial charge is 0.319 e. The first-order valence-electron chi connectivity index (χ1n) is 10.1. The lowest BCUT2D eigenvalue weighted by molar-refractivity contribution is -0.122. The molecule has 0 bridgehead atoms. The molecule has 1 amide bonds. The van der Waals surface area contributed by atoms with Gasteiger partial charge in [-0.2, -0.15) is 9.30 Å². The Morgan fingerprint density at radius 2 is 2.00 bits per heavy atom. The average molecular weight is 498 g/mol. The zero-order valence-corrected chi connectivity index (χ0v) is 20.7. The number of hydrogen-bond acceptors (Lipinski definition) is 5. The number of rotatable bonds is 4. The van der Waals surface area contributed by atoms with E-state index in [1.54, 1.807) is 6.07 Å². The van der Waals surface area contributed by atoms with E-state index in [0.29, 0.717) is 34.4 Å². The predicted molar refractivity (Wildman–Crippen MR) is 126 cm³/mol. The van der Waals surface area contributed by atoms with Crippen molar-refractivity contribution in [3.63, 3.8) is 0 Å². The van der Waals surface area contributed by atoms with Crippen LogP contribution in [0.2, 0.25) is 4.34 Å². The summed E-state index contributed by atoms with van der Waals surface area (Å²) in [7, 11) is -1.75. The van der Waals surface area contributed by atoms with Gasteiger partial charge in [0, 0.05) is 20.1 Å². The van der Waals surface area contributed by atoms with Gasteiger partial charge in [0.05, 0.1) is 20.5 Å². The van der Waals surface area contributed by atoms with Crippen molar-refractivity contribution in [2.45, 2.75) is 36.8 Å². The van der Waals surface area contributed by atoms with Crippen molar-refractivity contribution in [3.8, 4) is 0 Å². The highest BCUT2D eigenvalue weighted by atomic mass is 35.5. The Labute approximate surface area is 194 Å². The molecule has 10 heteroatoms. The average Bonchev–Trinajstić information content (AvgIpc) is 3.32. The minimum Gasteiger partial charge on any atom is -0.319 e. The second-order valence-electron chi connectivity index (χ2n) is 8.04. The predicted octanol–water partition coefficient (Wildman–Crippen LogP) is 4.61.